The van der Waals surface area contributed by atoms with Gasteiger partial charge in [-0.2, -0.15) is 0 Å². The average Bonchev–Trinajstić information content (AvgIpc) is 2.78. The number of carbonyl (C=O) groups is 1. The Balaban J connectivity index is 1.54. The van der Waals surface area contributed by atoms with Gasteiger partial charge in [0.25, 0.3) is 5.91 Å². The summed E-state index contributed by atoms with van der Waals surface area (Å²) >= 11 is 0. The second-order valence-corrected chi connectivity index (χ2v) is 6.29. The fraction of sp³-hybridized carbons (Fsp3) is 0.227. The molecular weight excluding hydrogens is 368 g/mol. The van der Waals surface area contributed by atoms with Crippen molar-refractivity contribution in [1.29, 1.82) is 0 Å². The molecule has 0 spiro atoms. The molecule has 0 saturated carbocycles. The number of hydrogen-bond donors (Lipinski definition) is 2. The number of ether oxygens (including phenoxy) is 2. The van der Waals surface area contributed by atoms with Crippen LogP contribution >= 0.6 is 0 Å². The third kappa shape index (κ3) is 5.68. The van der Waals surface area contributed by atoms with E-state index in [1.165, 1.54) is 0 Å². The highest BCUT2D eigenvalue weighted by Crippen LogP contribution is 2.18. The van der Waals surface area contributed by atoms with Gasteiger partial charge in [-0.1, -0.05) is 30.3 Å². The van der Waals surface area contributed by atoms with Crippen LogP contribution in [0.1, 0.15) is 21.6 Å². The van der Waals surface area contributed by atoms with E-state index < -0.39 is 0 Å². The molecule has 0 saturated heterocycles. The number of rotatable bonds is 9. The molecule has 2 aromatic carbocycles. The molecule has 0 aliphatic heterocycles. The van der Waals surface area contributed by atoms with Gasteiger partial charge in [-0.05, 0) is 36.2 Å². The fourth-order valence-electron chi connectivity index (χ4n) is 2.83. The van der Waals surface area contributed by atoms with Crippen molar-refractivity contribution >= 4 is 11.9 Å². The van der Waals surface area contributed by atoms with Crippen LogP contribution in [0.2, 0.25) is 0 Å². The van der Waals surface area contributed by atoms with Crippen LogP contribution in [0, 0.1) is 0 Å². The van der Waals surface area contributed by atoms with Gasteiger partial charge in [-0.3, -0.25) is 4.79 Å². The van der Waals surface area contributed by atoms with Gasteiger partial charge >= 0.3 is 0 Å². The average molecular weight is 392 g/mol. The second kappa shape index (κ2) is 10.1. The Morgan fingerprint density at radius 2 is 1.90 bits per heavy atom. The van der Waals surface area contributed by atoms with Crippen LogP contribution in [-0.4, -0.2) is 36.6 Å². The third-order valence-electron chi connectivity index (χ3n) is 4.35. The predicted octanol–water partition coefficient (Wildman–Crippen LogP) is 3.08. The van der Waals surface area contributed by atoms with Gasteiger partial charge < -0.3 is 20.1 Å². The Labute approximate surface area is 170 Å². The number of amides is 1. The minimum Gasteiger partial charge on any atom is -0.497 e. The van der Waals surface area contributed by atoms with Crippen LogP contribution in [0.3, 0.4) is 0 Å². The standard InChI is InChI=1S/C22H24N4O3/c1-28-18-8-5-6-16(14-18)10-12-23-21(27)19-11-13-24-22(26-19)25-15-17-7-3-4-9-20(17)29-2/h3-9,11,13-14H,10,12,15H2,1-2H3,(H,23,27)(H,24,25,26). The maximum Gasteiger partial charge on any atom is 0.270 e. The fourth-order valence-corrected chi connectivity index (χ4v) is 2.83. The first-order chi connectivity index (χ1) is 14.2. The Hall–Kier alpha value is -3.61. The first-order valence-electron chi connectivity index (χ1n) is 9.29. The highest BCUT2D eigenvalue weighted by Gasteiger charge is 2.09. The number of nitrogens with one attached hydrogen (secondary N) is 2. The number of carbonyl (C=O) groups excluding carboxylic acids is 1. The quantitative estimate of drug-likeness (QED) is 0.582. The van der Waals surface area contributed by atoms with Gasteiger partial charge in [0.05, 0.1) is 14.2 Å². The summed E-state index contributed by atoms with van der Waals surface area (Å²) in [4.78, 5) is 20.9. The van der Waals surface area contributed by atoms with Crippen LogP contribution < -0.4 is 20.1 Å². The molecule has 1 heterocycles. The zero-order valence-corrected chi connectivity index (χ0v) is 16.5. The molecule has 7 heteroatoms. The third-order valence-corrected chi connectivity index (χ3v) is 4.35. The lowest BCUT2D eigenvalue weighted by atomic mass is 10.1. The monoisotopic (exact) mass is 392 g/mol. The highest BCUT2D eigenvalue weighted by atomic mass is 16.5. The van der Waals surface area contributed by atoms with E-state index in [1.54, 1.807) is 26.5 Å². The van der Waals surface area contributed by atoms with Gasteiger partial charge in [0, 0.05) is 24.8 Å². The summed E-state index contributed by atoms with van der Waals surface area (Å²) < 4.78 is 10.6. The molecule has 0 aliphatic carbocycles. The molecule has 29 heavy (non-hydrogen) atoms. The molecule has 0 bridgehead atoms. The zero-order chi connectivity index (χ0) is 20.5. The summed E-state index contributed by atoms with van der Waals surface area (Å²) in [6, 6.07) is 17.1. The topological polar surface area (TPSA) is 85.4 Å². The Morgan fingerprint density at radius 3 is 2.72 bits per heavy atom. The molecule has 7 nitrogen and oxygen atoms in total. The molecule has 1 aromatic heterocycles. The molecule has 0 radical (unpaired) electrons. The molecule has 0 unspecified atom stereocenters. The van der Waals surface area contributed by atoms with E-state index in [0.717, 1.165) is 22.6 Å². The highest BCUT2D eigenvalue weighted by molar-refractivity contribution is 5.92. The zero-order valence-electron chi connectivity index (χ0n) is 16.5. The smallest absolute Gasteiger partial charge is 0.270 e. The molecule has 1 amide bonds. The Morgan fingerprint density at radius 1 is 1.03 bits per heavy atom. The molecule has 3 rings (SSSR count). The van der Waals surface area contributed by atoms with E-state index in [-0.39, 0.29) is 5.91 Å². The molecule has 3 aromatic rings. The SMILES string of the molecule is COc1cccc(CCNC(=O)c2ccnc(NCc3ccccc3OC)n2)c1. The molecular formula is C22H24N4O3. The van der Waals surface area contributed by atoms with Gasteiger partial charge in [-0.15, -0.1) is 0 Å². The first kappa shape index (κ1) is 20.1. The molecule has 0 aliphatic rings. The lowest BCUT2D eigenvalue weighted by Gasteiger charge is -2.10. The van der Waals surface area contributed by atoms with Crippen LogP contribution in [0.15, 0.2) is 60.8 Å². The second-order valence-electron chi connectivity index (χ2n) is 6.29. The number of para-hydroxylation sites is 1. The van der Waals surface area contributed by atoms with Crippen molar-refractivity contribution in [2.45, 2.75) is 13.0 Å². The number of anilines is 1. The Kier molecular flexibility index (Phi) is 7.00. The molecule has 150 valence electrons. The predicted molar refractivity (Wildman–Crippen MR) is 111 cm³/mol. The van der Waals surface area contributed by atoms with Crippen molar-refractivity contribution in [3.63, 3.8) is 0 Å². The maximum absolute atomic E-state index is 12.4. The van der Waals surface area contributed by atoms with Crippen LogP contribution in [-0.2, 0) is 13.0 Å². The number of benzene rings is 2. The van der Waals surface area contributed by atoms with Crippen molar-refractivity contribution in [3.05, 3.63) is 77.6 Å². The minimum absolute atomic E-state index is 0.240. The summed E-state index contributed by atoms with van der Waals surface area (Å²) in [5.74, 6) is 1.73. The number of methoxy groups -OCH3 is 2. The van der Waals surface area contributed by atoms with E-state index in [4.69, 9.17) is 9.47 Å². The normalized spacial score (nSPS) is 10.3. The lowest BCUT2D eigenvalue weighted by Crippen LogP contribution is -2.26. The van der Waals surface area contributed by atoms with Gasteiger partial charge in [0.15, 0.2) is 0 Å². The molecule has 0 atom stereocenters. The molecule has 0 fully saturated rings. The van der Waals surface area contributed by atoms with E-state index in [0.29, 0.717) is 31.2 Å². The van der Waals surface area contributed by atoms with Crippen molar-refractivity contribution in [1.82, 2.24) is 15.3 Å². The van der Waals surface area contributed by atoms with Crippen molar-refractivity contribution in [2.24, 2.45) is 0 Å². The van der Waals surface area contributed by atoms with Crippen LogP contribution in [0.5, 0.6) is 11.5 Å². The number of hydrogen-bond acceptors (Lipinski definition) is 6. The van der Waals surface area contributed by atoms with E-state index in [9.17, 15) is 4.79 Å². The maximum atomic E-state index is 12.4. The Bertz CT molecular complexity index is 962. The van der Waals surface area contributed by atoms with Gasteiger partial charge in [0.2, 0.25) is 5.95 Å². The molecule has 2 N–H and O–H groups in total. The van der Waals surface area contributed by atoms with E-state index >= 15 is 0 Å². The van der Waals surface area contributed by atoms with E-state index in [2.05, 4.69) is 20.6 Å². The number of nitrogens with zero attached hydrogens (tertiary/aromatic N) is 2. The largest absolute Gasteiger partial charge is 0.497 e. The van der Waals surface area contributed by atoms with E-state index in [1.807, 2.05) is 48.5 Å². The van der Waals surface area contributed by atoms with Crippen molar-refractivity contribution < 1.29 is 14.3 Å². The first-order valence-corrected chi connectivity index (χ1v) is 9.29. The summed E-state index contributed by atoms with van der Waals surface area (Å²) in [5.41, 5.74) is 2.38. The summed E-state index contributed by atoms with van der Waals surface area (Å²) in [6.07, 6.45) is 2.27. The minimum atomic E-state index is -0.240. The summed E-state index contributed by atoms with van der Waals surface area (Å²) in [6.45, 7) is 0.991. The number of aromatic nitrogens is 2. The lowest BCUT2D eigenvalue weighted by molar-refractivity contribution is 0.0949. The summed E-state index contributed by atoms with van der Waals surface area (Å²) in [5, 5.41) is 6.02. The van der Waals surface area contributed by atoms with Gasteiger partial charge in [-0.25, -0.2) is 9.97 Å². The van der Waals surface area contributed by atoms with Gasteiger partial charge in [0.1, 0.15) is 17.2 Å². The van der Waals surface area contributed by atoms with Crippen LogP contribution in [0.25, 0.3) is 0 Å². The summed E-state index contributed by atoms with van der Waals surface area (Å²) in [7, 11) is 3.27. The van der Waals surface area contributed by atoms with Crippen LogP contribution in [0.4, 0.5) is 5.95 Å². The van der Waals surface area contributed by atoms with Crippen molar-refractivity contribution in [3.8, 4) is 11.5 Å². The van der Waals surface area contributed by atoms with Crippen molar-refractivity contribution in [2.75, 3.05) is 26.1 Å².